The van der Waals surface area contributed by atoms with Gasteiger partial charge in [0.05, 0.1) is 20.3 Å². The predicted molar refractivity (Wildman–Crippen MR) is 51.1 cm³/mol. The van der Waals surface area contributed by atoms with Crippen LogP contribution in [0.5, 0.6) is 0 Å². The van der Waals surface area contributed by atoms with Gasteiger partial charge < -0.3 is 61.3 Å². The molecule has 0 N–H and O–H groups in total. The summed E-state index contributed by atoms with van der Waals surface area (Å²) in [7, 11) is 0. The normalized spacial score (nSPS) is 4.33. The summed E-state index contributed by atoms with van der Waals surface area (Å²) < 4.78 is 29.0. The van der Waals surface area contributed by atoms with E-state index in [1.165, 1.54) is 0 Å². The topological polar surface area (TPSA) is 440 Å². The SMILES string of the molecule is N#[O+].N#[O+].N#[O+].N#[O+].O=[N+]([O-])[O-].O=[N+]([O-])[O-].O=[N+]([O-])[O-].O=[N+]([O-])[O-]. The quantitative estimate of drug-likeness (QED) is 0.270. The Kier molecular flexibility index (Phi) is 212. The molecule has 0 atom stereocenters. The van der Waals surface area contributed by atoms with Gasteiger partial charge in [0.1, 0.15) is 0 Å². The van der Waals surface area contributed by atoms with Gasteiger partial charge in [0.25, 0.3) is 0 Å². The summed E-state index contributed by atoms with van der Waals surface area (Å²) in [6, 6.07) is 0. The summed E-state index contributed by atoms with van der Waals surface area (Å²) in [4.78, 5) is 33.0. The molecule has 24 heteroatoms. The molecule has 0 saturated heterocycles. The smallest absolute Gasteiger partial charge is 0.0689 e. The Morgan fingerprint density at radius 2 is 0.375 bits per heavy atom. The van der Waals surface area contributed by atoms with E-state index in [-0.39, 0.29) is 0 Å². The van der Waals surface area contributed by atoms with Crippen molar-refractivity contribution in [1.82, 2.24) is 0 Å². The third kappa shape index (κ3) is 232. The van der Waals surface area contributed by atoms with Crippen LogP contribution in [0.3, 0.4) is 0 Å². The molecule has 0 rings (SSSR count). The Morgan fingerprint density at radius 3 is 0.375 bits per heavy atom. The zero-order valence-corrected chi connectivity index (χ0v) is 10.1. The maximum atomic E-state index is 8.25. The van der Waals surface area contributed by atoms with Gasteiger partial charge in [-0.3, -0.25) is 0 Å². The van der Waals surface area contributed by atoms with Crippen molar-refractivity contribution in [3.8, 4) is 0 Å². The van der Waals surface area contributed by atoms with Gasteiger partial charge in [0.2, 0.25) is 0 Å². The molecule has 0 aromatic carbocycles. The van der Waals surface area contributed by atoms with Crippen molar-refractivity contribution >= 4 is 0 Å². The molecule has 0 fully saturated rings. The fourth-order valence-corrected chi connectivity index (χ4v) is 0. The molecule has 0 bridgehead atoms. The molecule has 0 radical (unpaired) electrons. The van der Waals surface area contributed by atoms with Crippen molar-refractivity contribution < 1.29 is 39.4 Å². The van der Waals surface area contributed by atoms with Crippen molar-refractivity contribution in [2.75, 3.05) is 0 Å². The molecule has 0 aliphatic heterocycles. The van der Waals surface area contributed by atoms with Gasteiger partial charge in [0.15, 0.2) is 0 Å². The minimum Gasteiger partial charge on any atom is -0.356 e. The monoisotopic (exact) mass is 368 g/mol. The molecule has 136 valence electrons. The van der Waals surface area contributed by atoms with E-state index in [4.69, 9.17) is 102 Å². The summed E-state index contributed by atoms with van der Waals surface area (Å²) >= 11 is 0. The Hall–Kier alpha value is -4.52. The van der Waals surface area contributed by atoms with E-state index < -0.39 is 20.3 Å². The second kappa shape index (κ2) is 101. The maximum absolute atomic E-state index is 8.25. The molecule has 0 spiro atoms. The zero-order valence-electron chi connectivity index (χ0n) is 10.1. The van der Waals surface area contributed by atoms with Crippen molar-refractivity contribution in [3.63, 3.8) is 0 Å². The maximum Gasteiger partial charge on any atom is 0.0689 e. The van der Waals surface area contributed by atoms with Crippen LogP contribution < -0.4 is 0 Å². The minimum atomic E-state index is -1.75. The number of rotatable bonds is 0. The van der Waals surface area contributed by atoms with Crippen LogP contribution in [0.2, 0.25) is 0 Å². The Labute approximate surface area is 124 Å². The standard InChI is InChI=1S/4NO3.4NO/c4*2-1(3)4;4*1-2/q4*-1;4*+1. The molecular weight excluding hydrogens is 368 g/mol. The molecule has 24 heavy (non-hydrogen) atoms. The number of hydrogen-bond acceptors (Lipinski definition) is 16. The van der Waals surface area contributed by atoms with Crippen molar-refractivity contribution in [2.45, 2.75) is 0 Å². The van der Waals surface area contributed by atoms with Gasteiger partial charge in [0, 0.05) is 0 Å². The first-order valence-electron chi connectivity index (χ1n) is 2.92. The molecule has 0 aromatic rings. The van der Waals surface area contributed by atoms with Crippen molar-refractivity contribution in [2.24, 2.45) is 0 Å². The van der Waals surface area contributed by atoms with E-state index in [0.29, 0.717) is 0 Å². The fourth-order valence-electron chi connectivity index (χ4n) is 0. The summed E-state index contributed by atoms with van der Waals surface area (Å²) in [5.74, 6) is 0. The molecular formula is N8O16. The molecule has 0 amide bonds. The zero-order chi connectivity index (χ0) is 22.3. The summed E-state index contributed by atoms with van der Waals surface area (Å²) in [5, 5.41) is 59.0. The average molecular weight is 368 g/mol. The van der Waals surface area contributed by atoms with Gasteiger partial charge in [-0.25, -0.2) is 0 Å². The third-order valence-corrected chi connectivity index (χ3v) is 0. The molecule has 0 unspecified atom stereocenters. The van der Waals surface area contributed by atoms with Crippen LogP contribution in [-0.4, -0.2) is 20.3 Å². The van der Waals surface area contributed by atoms with Crippen LogP contribution in [0.1, 0.15) is 0 Å². The fraction of sp³-hybridized carbons (Fsp3) is 0. The van der Waals surface area contributed by atoms with E-state index in [9.17, 15) is 0 Å². The Morgan fingerprint density at radius 1 is 0.375 bits per heavy atom. The number of hydrogen-bond donors (Lipinski definition) is 0. The molecule has 0 aliphatic carbocycles. The van der Waals surface area contributed by atoms with Crippen LogP contribution in [0.15, 0.2) is 0 Å². The molecule has 0 saturated carbocycles. The van der Waals surface area contributed by atoms with Crippen LogP contribution >= 0.6 is 0 Å². The van der Waals surface area contributed by atoms with Gasteiger partial charge >= 0.3 is 40.9 Å². The molecule has 0 aromatic heterocycles. The minimum absolute atomic E-state index is 1.75. The van der Waals surface area contributed by atoms with Crippen molar-refractivity contribution in [1.29, 1.82) is 21.8 Å². The van der Waals surface area contributed by atoms with E-state index in [2.05, 4.69) is 0 Å². The largest absolute Gasteiger partial charge is 0.356 e. The summed E-state index contributed by atoms with van der Waals surface area (Å²) in [5.41, 5.74) is 23.0. The molecule has 0 heterocycles. The second-order valence-corrected chi connectivity index (χ2v) is 0.894. The molecule has 24 nitrogen and oxygen atoms in total. The van der Waals surface area contributed by atoms with Crippen LogP contribution in [-0.2, 0) is 19.1 Å². The predicted octanol–water partition coefficient (Wildman–Crippen LogP) is -1.37. The van der Waals surface area contributed by atoms with Crippen molar-refractivity contribution in [3.05, 3.63) is 61.3 Å². The molecule has 0 aliphatic rings. The second-order valence-electron chi connectivity index (χ2n) is 0.894. The first-order valence-corrected chi connectivity index (χ1v) is 2.92. The Balaban J connectivity index is -0.0000000208. The van der Waals surface area contributed by atoms with Crippen LogP contribution in [0, 0.1) is 83.1 Å². The number of nitrogens with zero attached hydrogens (tertiary/aromatic N) is 8. The first kappa shape index (κ1) is 50.5. The summed E-state index contributed by atoms with van der Waals surface area (Å²) in [6.45, 7) is 0. The van der Waals surface area contributed by atoms with Gasteiger partial charge in [-0.2, -0.15) is 0 Å². The van der Waals surface area contributed by atoms with Gasteiger partial charge in [-0.05, 0) is 0 Å². The summed E-state index contributed by atoms with van der Waals surface area (Å²) in [6.07, 6.45) is 0. The van der Waals surface area contributed by atoms with Gasteiger partial charge in [-0.15, -0.1) is 0 Å². The van der Waals surface area contributed by atoms with E-state index in [0.717, 1.165) is 0 Å². The van der Waals surface area contributed by atoms with E-state index in [1.807, 2.05) is 0 Å². The van der Waals surface area contributed by atoms with Crippen LogP contribution in [0.4, 0.5) is 0 Å². The average Bonchev–Trinajstić information content (AvgIpc) is 2.44. The van der Waals surface area contributed by atoms with Crippen LogP contribution in [0.25, 0.3) is 0 Å². The van der Waals surface area contributed by atoms with E-state index in [1.54, 1.807) is 0 Å². The Bertz CT molecular complexity index is 271. The third-order valence-electron chi connectivity index (χ3n) is 0. The van der Waals surface area contributed by atoms with Gasteiger partial charge in [-0.1, -0.05) is 0 Å². The first-order chi connectivity index (χ1) is 10.9. The van der Waals surface area contributed by atoms with E-state index >= 15 is 0 Å².